The number of carboxylic acids is 1. The molecule has 0 atom stereocenters. The third-order valence-electron chi connectivity index (χ3n) is 2.50. The van der Waals surface area contributed by atoms with E-state index in [0.29, 0.717) is 29.0 Å². The van der Waals surface area contributed by atoms with Crippen LogP contribution in [-0.2, 0) is 6.42 Å². The molecule has 0 radical (unpaired) electrons. The number of carbonyl (C=O) groups excluding carboxylic acids is 1. The second kappa shape index (κ2) is 6.84. The highest BCUT2D eigenvalue weighted by Crippen LogP contribution is 2.21. The van der Waals surface area contributed by atoms with Gasteiger partial charge in [0, 0.05) is 23.1 Å². The van der Waals surface area contributed by atoms with Crippen LogP contribution in [0.4, 0.5) is 10.5 Å². The van der Waals surface area contributed by atoms with Crippen LogP contribution < -0.4 is 10.6 Å². The number of rotatable bonds is 5. The number of aromatic carboxylic acids is 1. The van der Waals surface area contributed by atoms with E-state index >= 15 is 0 Å². The predicted molar refractivity (Wildman–Crippen MR) is 76.1 cm³/mol. The average molecular weight is 355 g/mol. The van der Waals surface area contributed by atoms with E-state index in [-0.39, 0.29) is 5.56 Å². The number of halogens is 1. The van der Waals surface area contributed by atoms with Crippen LogP contribution in [0.15, 0.2) is 33.6 Å². The van der Waals surface area contributed by atoms with Crippen LogP contribution in [0.25, 0.3) is 0 Å². The van der Waals surface area contributed by atoms with Gasteiger partial charge in [-0.25, -0.2) is 9.59 Å². The number of urea groups is 1. The molecule has 3 N–H and O–H groups in total. The van der Waals surface area contributed by atoms with Crippen LogP contribution >= 0.6 is 15.9 Å². The zero-order valence-electron chi connectivity index (χ0n) is 10.7. The lowest BCUT2D eigenvalue weighted by molar-refractivity contribution is 0.0696. The number of aromatic nitrogens is 2. The monoisotopic (exact) mass is 354 g/mol. The molecule has 1 aromatic carbocycles. The first-order chi connectivity index (χ1) is 10.1. The van der Waals surface area contributed by atoms with Gasteiger partial charge in [0.15, 0.2) is 5.82 Å². The first-order valence-corrected chi connectivity index (χ1v) is 6.68. The molecule has 0 aliphatic heterocycles. The van der Waals surface area contributed by atoms with Crippen molar-refractivity contribution in [3.8, 4) is 0 Å². The van der Waals surface area contributed by atoms with Crippen LogP contribution in [0.1, 0.15) is 16.2 Å². The molecule has 0 unspecified atom stereocenters. The van der Waals surface area contributed by atoms with Crippen LogP contribution in [0, 0.1) is 0 Å². The van der Waals surface area contributed by atoms with Crippen molar-refractivity contribution in [3.63, 3.8) is 0 Å². The highest BCUT2D eigenvalue weighted by atomic mass is 79.9. The van der Waals surface area contributed by atoms with E-state index in [9.17, 15) is 9.59 Å². The van der Waals surface area contributed by atoms with E-state index in [1.165, 1.54) is 12.5 Å². The molecule has 2 amide bonds. The average Bonchev–Trinajstić information content (AvgIpc) is 2.94. The molecule has 0 saturated heterocycles. The summed E-state index contributed by atoms with van der Waals surface area (Å²) in [7, 11) is 0. The summed E-state index contributed by atoms with van der Waals surface area (Å²) in [6, 6.07) is 4.07. The van der Waals surface area contributed by atoms with Gasteiger partial charge in [-0.15, -0.1) is 0 Å². The van der Waals surface area contributed by atoms with E-state index in [1.54, 1.807) is 12.1 Å². The van der Waals surface area contributed by atoms with Gasteiger partial charge in [-0.1, -0.05) is 5.16 Å². The molecular formula is C12H11BrN4O4. The summed E-state index contributed by atoms with van der Waals surface area (Å²) in [5.41, 5.74) is 0.451. The third kappa shape index (κ3) is 4.28. The fourth-order valence-corrected chi connectivity index (χ4v) is 1.95. The van der Waals surface area contributed by atoms with Gasteiger partial charge in [-0.3, -0.25) is 0 Å². The lowest BCUT2D eigenvalue weighted by atomic mass is 10.2. The molecule has 0 saturated carbocycles. The first kappa shape index (κ1) is 15.0. The largest absolute Gasteiger partial charge is 0.478 e. The molecule has 0 fully saturated rings. The summed E-state index contributed by atoms with van der Waals surface area (Å²) in [6.45, 7) is 0.327. The summed E-state index contributed by atoms with van der Waals surface area (Å²) in [4.78, 5) is 26.5. The maximum Gasteiger partial charge on any atom is 0.336 e. The molecule has 0 aliphatic rings. The van der Waals surface area contributed by atoms with Crippen molar-refractivity contribution in [2.24, 2.45) is 0 Å². The lowest BCUT2D eigenvalue weighted by Gasteiger charge is -2.08. The Kier molecular flexibility index (Phi) is 4.88. The molecule has 8 nitrogen and oxygen atoms in total. The van der Waals surface area contributed by atoms with Gasteiger partial charge >= 0.3 is 12.0 Å². The van der Waals surface area contributed by atoms with Crippen LogP contribution in [0.5, 0.6) is 0 Å². The zero-order chi connectivity index (χ0) is 15.2. The number of carboxylic acid groups (broad SMARTS) is 1. The normalized spacial score (nSPS) is 10.1. The second-order valence-corrected chi connectivity index (χ2v) is 4.83. The topological polar surface area (TPSA) is 117 Å². The van der Waals surface area contributed by atoms with Gasteiger partial charge in [-0.2, -0.15) is 4.98 Å². The molecule has 0 aliphatic carbocycles. The minimum atomic E-state index is -1.08. The lowest BCUT2D eigenvalue weighted by Crippen LogP contribution is -2.30. The quantitative estimate of drug-likeness (QED) is 0.754. The molecule has 0 bridgehead atoms. The molecule has 2 rings (SSSR count). The third-order valence-corrected chi connectivity index (χ3v) is 3.19. The number of nitrogens with zero attached hydrogens (tertiary/aromatic N) is 2. The number of hydrogen-bond acceptors (Lipinski definition) is 5. The summed E-state index contributed by atoms with van der Waals surface area (Å²) >= 11 is 3.13. The highest BCUT2D eigenvalue weighted by Gasteiger charge is 2.10. The number of hydrogen-bond donors (Lipinski definition) is 3. The van der Waals surface area contributed by atoms with Crippen molar-refractivity contribution in [1.29, 1.82) is 0 Å². The van der Waals surface area contributed by atoms with Gasteiger partial charge in [-0.05, 0) is 34.1 Å². The smallest absolute Gasteiger partial charge is 0.336 e. The Hall–Kier alpha value is -2.42. The van der Waals surface area contributed by atoms with E-state index in [1.807, 2.05) is 0 Å². The number of amides is 2. The van der Waals surface area contributed by atoms with E-state index in [4.69, 9.17) is 5.11 Å². The Bertz CT molecular complexity index is 645. The molecule has 110 valence electrons. The standard InChI is InChI=1S/C12H11BrN4O4/c13-9-2-1-7(5-8(9)11(18)19)16-12(20)14-4-3-10-15-6-21-17-10/h1-2,5-6H,3-4H2,(H,18,19)(H2,14,16,20). The molecule has 2 aromatic rings. The van der Waals surface area contributed by atoms with Crippen molar-refractivity contribution >= 4 is 33.6 Å². The zero-order valence-corrected chi connectivity index (χ0v) is 12.3. The van der Waals surface area contributed by atoms with Crippen molar-refractivity contribution in [3.05, 3.63) is 40.5 Å². The SMILES string of the molecule is O=C(NCCc1ncon1)Nc1ccc(Br)c(C(=O)O)c1. The summed E-state index contributed by atoms with van der Waals surface area (Å²) < 4.78 is 5.01. The molecule has 0 spiro atoms. The maximum absolute atomic E-state index is 11.7. The van der Waals surface area contributed by atoms with Crippen molar-refractivity contribution in [2.75, 3.05) is 11.9 Å². The van der Waals surface area contributed by atoms with Crippen LogP contribution in [0.2, 0.25) is 0 Å². The Morgan fingerprint density at radius 2 is 2.19 bits per heavy atom. The minimum Gasteiger partial charge on any atom is -0.478 e. The van der Waals surface area contributed by atoms with Gasteiger partial charge < -0.3 is 20.3 Å². The van der Waals surface area contributed by atoms with Gasteiger partial charge in [0.1, 0.15) is 0 Å². The van der Waals surface area contributed by atoms with Crippen molar-refractivity contribution in [1.82, 2.24) is 15.5 Å². The summed E-state index contributed by atoms with van der Waals surface area (Å²) in [5.74, 6) is -0.588. The molecular weight excluding hydrogens is 344 g/mol. The van der Waals surface area contributed by atoms with Gasteiger partial charge in [0.05, 0.1) is 5.56 Å². The van der Waals surface area contributed by atoms with E-state index in [0.717, 1.165) is 0 Å². The van der Waals surface area contributed by atoms with Crippen molar-refractivity contribution < 1.29 is 19.2 Å². The molecule has 1 aromatic heterocycles. The Balaban J connectivity index is 1.87. The number of anilines is 1. The Morgan fingerprint density at radius 1 is 1.38 bits per heavy atom. The van der Waals surface area contributed by atoms with Gasteiger partial charge in [0.25, 0.3) is 0 Å². The first-order valence-electron chi connectivity index (χ1n) is 5.89. The van der Waals surface area contributed by atoms with Gasteiger partial charge in [0.2, 0.25) is 6.39 Å². The maximum atomic E-state index is 11.7. The molecule has 9 heteroatoms. The fourth-order valence-electron chi connectivity index (χ4n) is 1.53. The molecule has 21 heavy (non-hydrogen) atoms. The number of nitrogens with one attached hydrogen (secondary N) is 2. The Morgan fingerprint density at radius 3 is 2.86 bits per heavy atom. The molecule has 1 heterocycles. The van der Waals surface area contributed by atoms with Crippen LogP contribution in [-0.4, -0.2) is 33.8 Å². The fraction of sp³-hybridized carbons (Fsp3) is 0.167. The second-order valence-electron chi connectivity index (χ2n) is 3.98. The van der Waals surface area contributed by atoms with Crippen molar-refractivity contribution in [2.45, 2.75) is 6.42 Å². The van der Waals surface area contributed by atoms with E-state index in [2.05, 4.69) is 41.2 Å². The number of carbonyl (C=O) groups is 2. The number of benzene rings is 1. The summed E-state index contributed by atoms with van der Waals surface area (Å²) in [5, 5.41) is 17.7. The Labute approximate surface area is 127 Å². The highest BCUT2D eigenvalue weighted by molar-refractivity contribution is 9.10. The summed E-state index contributed by atoms with van der Waals surface area (Å²) in [6.07, 6.45) is 1.65. The van der Waals surface area contributed by atoms with E-state index < -0.39 is 12.0 Å². The van der Waals surface area contributed by atoms with Crippen LogP contribution in [0.3, 0.4) is 0 Å². The minimum absolute atomic E-state index is 0.0691. The predicted octanol–water partition coefficient (Wildman–Crippen LogP) is 1.89.